The minimum Gasteiger partial charge on any atom is -0.359 e. The predicted octanol–water partition coefficient (Wildman–Crippen LogP) is 2.45. The Balaban J connectivity index is 2.91. The molecule has 0 aliphatic rings. The molecule has 12 heavy (non-hydrogen) atoms. The lowest BCUT2D eigenvalue weighted by Crippen LogP contribution is -1.95. The van der Waals surface area contributed by atoms with Gasteiger partial charge in [-0.2, -0.15) is 0 Å². The lowest BCUT2D eigenvalue weighted by Gasteiger charge is -1.98. The quantitative estimate of drug-likeness (QED) is 0.751. The molecule has 0 amide bonds. The van der Waals surface area contributed by atoms with E-state index in [0.29, 0.717) is 21.8 Å². The molecular formula is C8H10BrNO2. The van der Waals surface area contributed by atoms with Gasteiger partial charge in [0.2, 0.25) is 0 Å². The second-order valence-corrected chi connectivity index (χ2v) is 3.78. The number of carbonyl (C=O) groups excluding carboxylic acids is 1. The first kappa shape index (κ1) is 9.45. The molecule has 1 aromatic heterocycles. The molecule has 0 saturated heterocycles. The van der Waals surface area contributed by atoms with Crippen molar-refractivity contribution in [3.63, 3.8) is 0 Å². The van der Waals surface area contributed by atoms with Crippen LogP contribution in [0.3, 0.4) is 0 Å². The van der Waals surface area contributed by atoms with E-state index in [2.05, 4.69) is 34.9 Å². The molecule has 0 aliphatic carbocycles. The van der Waals surface area contributed by atoms with E-state index in [-0.39, 0.29) is 0 Å². The molecule has 0 unspecified atom stereocenters. The minimum atomic E-state index is 0.462. The van der Waals surface area contributed by atoms with Gasteiger partial charge in [0.1, 0.15) is 5.76 Å². The Morgan fingerprint density at radius 2 is 2.33 bits per heavy atom. The highest BCUT2D eigenvalue weighted by Gasteiger charge is 2.13. The predicted molar refractivity (Wildman–Crippen MR) is 48.1 cm³/mol. The molecule has 1 rings (SSSR count). The highest BCUT2D eigenvalue weighted by molar-refractivity contribution is 9.10. The van der Waals surface area contributed by atoms with E-state index in [4.69, 9.17) is 4.52 Å². The Morgan fingerprint density at radius 1 is 1.67 bits per heavy atom. The third kappa shape index (κ3) is 1.94. The van der Waals surface area contributed by atoms with E-state index < -0.39 is 0 Å². The number of nitrogens with zero attached hydrogens (tertiary/aromatic N) is 1. The lowest BCUT2D eigenvalue weighted by molar-refractivity contribution is 0.112. The fourth-order valence-corrected chi connectivity index (χ4v) is 1.33. The molecule has 1 aromatic rings. The maximum absolute atomic E-state index is 10.6. The first-order chi connectivity index (χ1) is 5.65. The van der Waals surface area contributed by atoms with Gasteiger partial charge in [-0.1, -0.05) is 19.0 Å². The summed E-state index contributed by atoms with van der Waals surface area (Å²) >= 11 is 3.13. The van der Waals surface area contributed by atoms with Crippen LogP contribution in [0.2, 0.25) is 0 Å². The van der Waals surface area contributed by atoms with E-state index in [9.17, 15) is 4.79 Å². The fraction of sp³-hybridized carbons (Fsp3) is 0.500. The van der Waals surface area contributed by atoms with Crippen LogP contribution < -0.4 is 0 Å². The lowest BCUT2D eigenvalue weighted by atomic mass is 10.1. The average Bonchev–Trinajstić information content (AvgIpc) is 2.30. The number of hydrogen-bond acceptors (Lipinski definition) is 3. The van der Waals surface area contributed by atoms with Gasteiger partial charge in [0.25, 0.3) is 0 Å². The third-order valence-electron chi connectivity index (χ3n) is 1.47. The number of hydrogen-bond donors (Lipinski definition) is 0. The number of carbonyl (C=O) groups is 1. The Morgan fingerprint density at radius 3 is 2.83 bits per heavy atom. The van der Waals surface area contributed by atoms with E-state index >= 15 is 0 Å². The van der Waals surface area contributed by atoms with Crippen LogP contribution in [0.1, 0.15) is 30.0 Å². The molecule has 1 heterocycles. The molecular weight excluding hydrogens is 222 g/mol. The highest BCUT2D eigenvalue weighted by atomic mass is 79.9. The van der Waals surface area contributed by atoms with Crippen LogP contribution in [0.15, 0.2) is 9.13 Å². The summed E-state index contributed by atoms with van der Waals surface area (Å²) in [4.78, 5) is 10.6. The highest BCUT2D eigenvalue weighted by Crippen LogP contribution is 2.20. The average molecular weight is 232 g/mol. The topological polar surface area (TPSA) is 43.1 Å². The number of aromatic nitrogens is 1. The molecule has 0 atom stereocenters. The van der Waals surface area contributed by atoms with Crippen molar-refractivity contribution in [2.45, 2.75) is 20.3 Å². The molecule has 0 spiro atoms. The number of aldehydes is 1. The van der Waals surface area contributed by atoms with Crippen molar-refractivity contribution in [2.24, 2.45) is 5.92 Å². The van der Waals surface area contributed by atoms with Gasteiger partial charge in [-0.3, -0.25) is 4.79 Å². The van der Waals surface area contributed by atoms with Crippen molar-refractivity contribution in [1.82, 2.24) is 5.16 Å². The summed E-state index contributed by atoms with van der Waals surface area (Å²) in [5.74, 6) is 1.12. The minimum absolute atomic E-state index is 0.462. The van der Waals surface area contributed by atoms with Crippen molar-refractivity contribution >= 4 is 22.2 Å². The van der Waals surface area contributed by atoms with Gasteiger partial charge >= 0.3 is 0 Å². The molecule has 66 valence electrons. The second-order valence-electron chi connectivity index (χ2n) is 3.03. The molecule has 0 radical (unpaired) electrons. The van der Waals surface area contributed by atoms with Crippen LogP contribution in [-0.2, 0) is 6.42 Å². The van der Waals surface area contributed by atoms with Crippen molar-refractivity contribution < 1.29 is 9.32 Å². The Bertz CT molecular complexity index is 281. The first-order valence-corrected chi connectivity index (χ1v) is 4.53. The van der Waals surface area contributed by atoms with E-state index in [1.807, 2.05) is 0 Å². The van der Waals surface area contributed by atoms with Crippen molar-refractivity contribution in [3.05, 3.63) is 15.9 Å². The monoisotopic (exact) mass is 231 g/mol. The number of halogens is 1. The Labute approximate surface area is 79.3 Å². The summed E-state index contributed by atoms with van der Waals surface area (Å²) in [5.41, 5.74) is 0.531. The Hall–Kier alpha value is -0.640. The van der Waals surface area contributed by atoms with Gasteiger partial charge in [0.05, 0.1) is 5.56 Å². The van der Waals surface area contributed by atoms with Gasteiger partial charge in [-0.05, 0) is 21.8 Å². The smallest absolute Gasteiger partial charge is 0.160 e. The zero-order chi connectivity index (χ0) is 9.14. The van der Waals surface area contributed by atoms with Gasteiger partial charge in [-0.25, -0.2) is 0 Å². The molecule has 4 heteroatoms. The van der Waals surface area contributed by atoms with Gasteiger partial charge in [-0.15, -0.1) is 0 Å². The normalized spacial score (nSPS) is 10.7. The van der Waals surface area contributed by atoms with Crippen LogP contribution in [-0.4, -0.2) is 11.4 Å². The first-order valence-electron chi connectivity index (χ1n) is 3.74. The largest absolute Gasteiger partial charge is 0.359 e. The van der Waals surface area contributed by atoms with Gasteiger partial charge in [0, 0.05) is 6.42 Å². The zero-order valence-corrected chi connectivity index (χ0v) is 8.59. The maximum atomic E-state index is 10.6. The van der Waals surface area contributed by atoms with Crippen LogP contribution in [0.5, 0.6) is 0 Å². The van der Waals surface area contributed by atoms with E-state index in [0.717, 1.165) is 12.7 Å². The van der Waals surface area contributed by atoms with Gasteiger partial charge < -0.3 is 4.52 Å². The van der Waals surface area contributed by atoms with Crippen LogP contribution in [0.4, 0.5) is 0 Å². The molecule has 0 bridgehead atoms. The van der Waals surface area contributed by atoms with Crippen molar-refractivity contribution in [1.29, 1.82) is 0 Å². The van der Waals surface area contributed by atoms with Crippen molar-refractivity contribution in [3.8, 4) is 0 Å². The molecule has 0 fully saturated rings. The molecule has 0 aromatic carbocycles. The standard InChI is InChI=1S/C8H10BrNO2/c1-5(2)3-7-6(4-11)8(9)10-12-7/h4-5H,3H2,1-2H3. The van der Waals surface area contributed by atoms with Gasteiger partial charge in [0.15, 0.2) is 10.9 Å². The Kier molecular flexibility index (Phi) is 3.03. The maximum Gasteiger partial charge on any atom is 0.160 e. The molecule has 0 aliphatic heterocycles. The SMILES string of the molecule is CC(C)Cc1onc(Br)c1C=O. The van der Waals surface area contributed by atoms with E-state index in [1.54, 1.807) is 0 Å². The summed E-state index contributed by atoms with van der Waals surface area (Å²) in [5, 5.41) is 3.65. The zero-order valence-electron chi connectivity index (χ0n) is 7.00. The summed E-state index contributed by atoms with van der Waals surface area (Å²) in [6.07, 6.45) is 1.50. The summed E-state index contributed by atoms with van der Waals surface area (Å²) in [7, 11) is 0. The summed E-state index contributed by atoms with van der Waals surface area (Å²) in [6.45, 7) is 4.12. The molecule has 0 saturated carbocycles. The summed E-state index contributed by atoms with van der Waals surface area (Å²) in [6, 6.07) is 0. The van der Waals surface area contributed by atoms with E-state index in [1.165, 1.54) is 0 Å². The van der Waals surface area contributed by atoms with Crippen LogP contribution in [0.25, 0.3) is 0 Å². The van der Waals surface area contributed by atoms with Crippen LogP contribution >= 0.6 is 15.9 Å². The number of rotatable bonds is 3. The van der Waals surface area contributed by atoms with Crippen molar-refractivity contribution in [2.75, 3.05) is 0 Å². The molecule has 3 nitrogen and oxygen atoms in total. The summed E-state index contributed by atoms with van der Waals surface area (Å²) < 4.78 is 5.46. The third-order valence-corrected chi connectivity index (χ3v) is 2.04. The fourth-order valence-electron chi connectivity index (χ4n) is 0.941. The second kappa shape index (κ2) is 3.85. The molecule has 0 N–H and O–H groups in total. The van der Waals surface area contributed by atoms with Crippen LogP contribution in [0, 0.1) is 5.92 Å².